The maximum atomic E-state index is 2.32. The Hall–Kier alpha value is 0. The van der Waals surface area contributed by atoms with Crippen LogP contribution in [0.1, 0.15) is 149 Å². The molecule has 0 saturated heterocycles. The first-order valence-electron chi connectivity index (χ1n) is 12.4. The highest BCUT2D eigenvalue weighted by Crippen LogP contribution is 2.31. The Bertz CT molecular complexity index is 235. The molecule has 0 nitrogen and oxygen atoms in total. The van der Waals surface area contributed by atoms with Crippen LogP contribution in [0.3, 0.4) is 0 Å². The van der Waals surface area contributed by atoms with Gasteiger partial charge in [0.15, 0.2) is 0 Å². The summed E-state index contributed by atoms with van der Waals surface area (Å²) in [5, 5.41) is 0. The summed E-state index contributed by atoms with van der Waals surface area (Å²) in [7, 11) is 0. The van der Waals surface area contributed by atoms with Gasteiger partial charge in [0.1, 0.15) is 0 Å². The molecule has 1 aliphatic carbocycles. The molecule has 1 aliphatic rings. The van der Waals surface area contributed by atoms with E-state index in [-0.39, 0.29) is 0 Å². The second-order valence-electron chi connectivity index (χ2n) is 9.06. The largest absolute Gasteiger partial charge is 0.0654 e. The van der Waals surface area contributed by atoms with Gasteiger partial charge in [-0.1, -0.05) is 149 Å². The Morgan fingerprint density at radius 3 is 1.56 bits per heavy atom. The molecule has 0 N–H and O–H groups in total. The lowest BCUT2D eigenvalue weighted by Gasteiger charge is -2.24. The average molecular weight is 351 g/mol. The fourth-order valence-corrected chi connectivity index (χ4v) is 4.81. The van der Waals surface area contributed by atoms with E-state index in [0.717, 1.165) is 11.8 Å². The third-order valence-corrected chi connectivity index (χ3v) is 6.64. The van der Waals surface area contributed by atoms with Gasteiger partial charge >= 0.3 is 0 Å². The van der Waals surface area contributed by atoms with Gasteiger partial charge in [-0.2, -0.15) is 0 Å². The van der Waals surface area contributed by atoms with Crippen LogP contribution in [0, 0.1) is 11.8 Å². The van der Waals surface area contributed by atoms with Gasteiger partial charge in [0.2, 0.25) is 0 Å². The predicted molar refractivity (Wildman–Crippen MR) is 115 cm³/mol. The summed E-state index contributed by atoms with van der Waals surface area (Å²) in [6, 6.07) is 0. The lowest BCUT2D eigenvalue weighted by Crippen LogP contribution is -2.09. The predicted octanol–water partition coefficient (Wildman–Crippen LogP) is 9.46. The molecule has 150 valence electrons. The molecular weight excluding hydrogens is 300 g/mol. The van der Waals surface area contributed by atoms with Crippen molar-refractivity contribution in [2.75, 3.05) is 0 Å². The molecule has 0 aromatic rings. The summed E-state index contributed by atoms with van der Waals surface area (Å²) in [5.74, 6) is 2.14. The number of rotatable bonds is 17. The molecular formula is C25H50. The number of hydrogen-bond donors (Lipinski definition) is 0. The van der Waals surface area contributed by atoms with E-state index in [1.807, 2.05) is 0 Å². The Balaban J connectivity index is 2.15. The van der Waals surface area contributed by atoms with Crippen LogP contribution < -0.4 is 0 Å². The standard InChI is InChI=1S/C25H50/c1-3-5-7-9-11-14-18-24(19-15-12-10-8-6-4-2)22-23-25-20-16-13-17-21-25/h24-25H,3-23H2,1-2H3. The van der Waals surface area contributed by atoms with Crippen molar-refractivity contribution < 1.29 is 0 Å². The molecule has 1 saturated carbocycles. The first-order valence-corrected chi connectivity index (χ1v) is 12.4. The number of unbranched alkanes of at least 4 members (excludes halogenated alkanes) is 10. The molecule has 0 heterocycles. The fraction of sp³-hybridized carbons (Fsp3) is 1.00. The lowest BCUT2D eigenvalue weighted by atomic mass is 9.82. The van der Waals surface area contributed by atoms with Crippen LogP contribution in [0.2, 0.25) is 0 Å². The van der Waals surface area contributed by atoms with Crippen molar-refractivity contribution in [1.29, 1.82) is 0 Å². The quantitative estimate of drug-likeness (QED) is 0.229. The molecule has 1 fully saturated rings. The van der Waals surface area contributed by atoms with Gasteiger partial charge in [0.05, 0.1) is 0 Å². The van der Waals surface area contributed by atoms with Gasteiger partial charge in [0, 0.05) is 0 Å². The van der Waals surface area contributed by atoms with Gasteiger partial charge in [-0.3, -0.25) is 0 Å². The molecule has 0 unspecified atom stereocenters. The van der Waals surface area contributed by atoms with Crippen molar-refractivity contribution in [3.63, 3.8) is 0 Å². The van der Waals surface area contributed by atoms with E-state index in [2.05, 4.69) is 13.8 Å². The van der Waals surface area contributed by atoms with Crippen LogP contribution >= 0.6 is 0 Å². The van der Waals surface area contributed by atoms with E-state index in [0.29, 0.717) is 0 Å². The van der Waals surface area contributed by atoms with Crippen molar-refractivity contribution in [3.05, 3.63) is 0 Å². The van der Waals surface area contributed by atoms with E-state index >= 15 is 0 Å². The summed E-state index contributed by atoms with van der Waals surface area (Å²) >= 11 is 0. The van der Waals surface area contributed by atoms with Crippen LogP contribution in [0.4, 0.5) is 0 Å². The number of hydrogen-bond acceptors (Lipinski definition) is 0. The SMILES string of the molecule is CCCCCCCCC(CCCCCCCC)CCC1CCCCC1. The van der Waals surface area contributed by atoms with Gasteiger partial charge in [-0.25, -0.2) is 0 Å². The molecule has 0 atom stereocenters. The Morgan fingerprint density at radius 1 is 0.560 bits per heavy atom. The zero-order valence-electron chi connectivity index (χ0n) is 18.0. The monoisotopic (exact) mass is 350 g/mol. The van der Waals surface area contributed by atoms with Gasteiger partial charge in [0.25, 0.3) is 0 Å². The van der Waals surface area contributed by atoms with Gasteiger partial charge in [-0.05, 0) is 11.8 Å². The fourth-order valence-electron chi connectivity index (χ4n) is 4.81. The maximum Gasteiger partial charge on any atom is -0.0414 e. The maximum absolute atomic E-state index is 2.32. The normalized spacial score (nSPS) is 16.0. The molecule has 0 bridgehead atoms. The third-order valence-electron chi connectivity index (χ3n) is 6.64. The summed E-state index contributed by atoms with van der Waals surface area (Å²) < 4.78 is 0. The molecule has 0 amide bonds. The van der Waals surface area contributed by atoms with E-state index < -0.39 is 0 Å². The van der Waals surface area contributed by atoms with Gasteiger partial charge in [-0.15, -0.1) is 0 Å². The molecule has 0 aromatic carbocycles. The van der Waals surface area contributed by atoms with E-state index in [4.69, 9.17) is 0 Å². The zero-order valence-corrected chi connectivity index (χ0v) is 18.0. The first kappa shape index (κ1) is 23.0. The van der Waals surface area contributed by atoms with E-state index in [1.165, 1.54) is 109 Å². The summed E-state index contributed by atoms with van der Waals surface area (Å²) in [6.45, 7) is 4.64. The van der Waals surface area contributed by atoms with Crippen molar-refractivity contribution in [3.8, 4) is 0 Å². The molecule has 0 aromatic heterocycles. The van der Waals surface area contributed by atoms with Gasteiger partial charge < -0.3 is 0 Å². The topological polar surface area (TPSA) is 0 Å². The molecule has 0 aliphatic heterocycles. The Morgan fingerprint density at radius 2 is 1.04 bits per heavy atom. The molecule has 1 rings (SSSR count). The minimum atomic E-state index is 1.05. The van der Waals surface area contributed by atoms with Crippen molar-refractivity contribution in [2.45, 2.75) is 149 Å². The van der Waals surface area contributed by atoms with Crippen LogP contribution in [0.15, 0.2) is 0 Å². The lowest BCUT2D eigenvalue weighted by molar-refractivity contribution is 0.288. The highest BCUT2D eigenvalue weighted by molar-refractivity contribution is 4.69. The van der Waals surface area contributed by atoms with Crippen molar-refractivity contribution in [2.24, 2.45) is 11.8 Å². The Labute approximate surface area is 160 Å². The first-order chi connectivity index (χ1) is 12.4. The Kier molecular flexibility index (Phi) is 16.1. The summed E-state index contributed by atoms with van der Waals surface area (Å²) in [6.07, 6.45) is 31.4. The van der Waals surface area contributed by atoms with Crippen LogP contribution in [0.25, 0.3) is 0 Å². The zero-order chi connectivity index (χ0) is 18.0. The van der Waals surface area contributed by atoms with Crippen molar-refractivity contribution >= 4 is 0 Å². The van der Waals surface area contributed by atoms with Crippen LogP contribution in [0.5, 0.6) is 0 Å². The molecule has 0 spiro atoms. The van der Waals surface area contributed by atoms with Crippen LogP contribution in [-0.4, -0.2) is 0 Å². The smallest absolute Gasteiger partial charge is 0.0414 e. The average Bonchev–Trinajstić information content (AvgIpc) is 2.65. The highest BCUT2D eigenvalue weighted by atomic mass is 14.2. The molecule has 0 heteroatoms. The molecule has 0 radical (unpaired) electrons. The van der Waals surface area contributed by atoms with Crippen LogP contribution in [-0.2, 0) is 0 Å². The van der Waals surface area contributed by atoms with Crippen molar-refractivity contribution in [1.82, 2.24) is 0 Å². The second-order valence-corrected chi connectivity index (χ2v) is 9.06. The minimum absolute atomic E-state index is 1.05. The summed E-state index contributed by atoms with van der Waals surface area (Å²) in [5.41, 5.74) is 0. The highest BCUT2D eigenvalue weighted by Gasteiger charge is 2.16. The third kappa shape index (κ3) is 13.8. The minimum Gasteiger partial charge on any atom is -0.0654 e. The summed E-state index contributed by atoms with van der Waals surface area (Å²) in [4.78, 5) is 0. The van der Waals surface area contributed by atoms with E-state index in [1.54, 1.807) is 25.7 Å². The molecule has 25 heavy (non-hydrogen) atoms. The van der Waals surface area contributed by atoms with E-state index in [9.17, 15) is 0 Å². The second kappa shape index (κ2) is 17.4.